The van der Waals surface area contributed by atoms with Gasteiger partial charge in [0, 0.05) is 24.5 Å². The first-order valence-corrected chi connectivity index (χ1v) is 7.24. The Hall–Kier alpha value is -0.500. The molecule has 0 aromatic heterocycles. The van der Waals surface area contributed by atoms with E-state index < -0.39 is 0 Å². The molecular weight excluding hydrogens is 376 g/mol. The summed E-state index contributed by atoms with van der Waals surface area (Å²) in [5, 5.41) is 6.51. The number of hydrogen-bond acceptors (Lipinski definition) is 4. The molecule has 1 aromatic carbocycles. The molecule has 2 rings (SSSR count). The molecule has 2 N–H and O–H groups in total. The minimum absolute atomic E-state index is 0. The van der Waals surface area contributed by atoms with Crippen LogP contribution in [0.5, 0.6) is 0 Å². The molecule has 1 aromatic rings. The van der Waals surface area contributed by atoms with Crippen molar-refractivity contribution in [2.24, 2.45) is 4.99 Å². The Bertz CT molecular complexity index is 397. The van der Waals surface area contributed by atoms with Crippen LogP contribution in [0.15, 0.2) is 34.2 Å². The molecule has 0 amide bonds. The highest BCUT2D eigenvalue weighted by molar-refractivity contribution is 14.0. The van der Waals surface area contributed by atoms with Gasteiger partial charge in [-0.2, -0.15) is 0 Å². The SMILES string of the molecule is Fc1ccc(SCCCNC2=NCCCN2)cc1.I. The molecule has 0 aliphatic carbocycles. The van der Waals surface area contributed by atoms with Crippen LogP contribution in [0, 0.1) is 5.82 Å². The number of guanidine groups is 1. The number of thioether (sulfide) groups is 1. The molecule has 0 saturated carbocycles. The molecule has 0 radical (unpaired) electrons. The number of rotatable bonds is 5. The number of nitrogens with zero attached hydrogens (tertiary/aromatic N) is 1. The van der Waals surface area contributed by atoms with Crippen LogP contribution in [-0.2, 0) is 0 Å². The third kappa shape index (κ3) is 6.47. The van der Waals surface area contributed by atoms with Crippen LogP contribution in [-0.4, -0.2) is 31.3 Å². The highest BCUT2D eigenvalue weighted by Crippen LogP contribution is 2.18. The van der Waals surface area contributed by atoms with E-state index in [1.807, 2.05) is 12.1 Å². The van der Waals surface area contributed by atoms with Crippen LogP contribution >= 0.6 is 35.7 Å². The smallest absolute Gasteiger partial charge is 0.191 e. The Morgan fingerprint density at radius 2 is 2.11 bits per heavy atom. The van der Waals surface area contributed by atoms with Gasteiger partial charge in [0.2, 0.25) is 0 Å². The topological polar surface area (TPSA) is 36.4 Å². The summed E-state index contributed by atoms with van der Waals surface area (Å²) in [4.78, 5) is 5.46. The second kappa shape index (κ2) is 9.41. The molecule has 1 aliphatic heterocycles. The minimum Gasteiger partial charge on any atom is -0.356 e. The largest absolute Gasteiger partial charge is 0.356 e. The lowest BCUT2D eigenvalue weighted by atomic mass is 10.4. The third-order valence-electron chi connectivity index (χ3n) is 2.59. The summed E-state index contributed by atoms with van der Waals surface area (Å²) < 4.78 is 12.7. The first-order chi connectivity index (χ1) is 8.84. The molecule has 0 atom stereocenters. The van der Waals surface area contributed by atoms with Crippen LogP contribution < -0.4 is 10.6 Å². The van der Waals surface area contributed by atoms with E-state index in [-0.39, 0.29) is 29.8 Å². The highest BCUT2D eigenvalue weighted by atomic mass is 127. The van der Waals surface area contributed by atoms with Crippen molar-refractivity contribution in [2.75, 3.05) is 25.4 Å². The van der Waals surface area contributed by atoms with Gasteiger partial charge < -0.3 is 10.6 Å². The first-order valence-electron chi connectivity index (χ1n) is 6.25. The van der Waals surface area contributed by atoms with E-state index >= 15 is 0 Å². The molecule has 0 fully saturated rings. The molecule has 1 aliphatic rings. The number of aliphatic imine (C=N–C) groups is 1. The van der Waals surface area contributed by atoms with Gasteiger partial charge in [-0.05, 0) is 42.9 Å². The van der Waals surface area contributed by atoms with Gasteiger partial charge in [0.15, 0.2) is 5.96 Å². The van der Waals surface area contributed by atoms with Gasteiger partial charge in [0.1, 0.15) is 5.82 Å². The van der Waals surface area contributed by atoms with Gasteiger partial charge in [-0.3, -0.25) is 4.99 Å². The van der Waals surface area contributed by atoms with Gasteiger partial charge in [0.05, 0.1) is 0 Å². The Morgan fingerprint density at radius 3 is 2.79 bits per heavy atom. The van der Waals surface area contributed by atoms with E-state index in [0.717, 1.165) is 49.1 Å². The zero-order valence-electron chi connectivity index (χ0n) is 10.7. The van der Waals surface area contributed by atoms with Crippen molar-refractivity contribution in [2.45, 2.75) is 17.7 Å². The van der Waals surface area contributed by atoms with E-state index in [1.54, 1.807) is 11.8 Å². The van der Waals surface area contributed by atoms with E-state index in [0.29, 0.717) is 0 Å². The lowest BCUT2D eigenvalue weighted by molar-refractivity contribution is 0.626. The maximum atomic E-state index is 12.7. The molecule has 0 bridgehead atoms. The number of benzene rings is 1. The van der Waals surface area contributed by atoms with Crippen LogP contribution in [0.2, 0.25) is 0 Å². The maximum Gasteiger partial charge on any atom is 0.191 e. The van der Waals surface area contributed by atoms with Crippen molar-refractivity contribution in [3.05, 3.63) is 30.1 Å². The lowest BCUT2D eigenvalue weighted by Gasteiger charge is -2.15. The monoisotopic (exact) mass is 395 g/mol. The summed E-state index contributed by atoms with van der Waals surface area (Å²) >= 11 is 1.75. The van der Waals surface area contributed by atoms with Crippen molar-refractivity contribution in [3.8, 4) is 0 Å². The number of nitrogens with one attached hydrogen (secondary N) is 2. The fourth-order valence-corrected chi connectivity index (χ4v) is 2.50. The van der Waals surface area contributed by atoms with Gasteiger partial charge in [-0.1, -0.05) is 0 Å². The fourth-order valence-electron chi connectivity index (χ4n) is 1.65. The molecule has 3 nitrogen and oxygen atoms in total. The van der Waals surface area contributed by atoms with Gasteiger partial charge in [-0.15, -0.1) is 35.7 Å². The van der Waals surface area contributed by atoms with Crippen LogP contribution in [0.25, 0.3) is 0 Å². The van der Waals surface area contributed by atoms with Crippen LogP contribution in [0.3, 0.4) is 0 Å². The number of halogens is 2. The Labute approximate surface area is 134 Å². The van der Waals surface area contributed by atoms with Crippen LogP contribution in [0.4, 0.5) is 4.39 Å². The Balaban J connectivity index is 0.00000180. The predicted molar refractivity (Wildman–Crippen MR) is 90.1 cm³/mol. The predicted octanol–water partition coefficient (Wildman–Crippen LogP) is 2.86. The van der Waals surface area contributed by atoms with E-state index in [1.165, 1.54) is 12.1 Å². The maximum absolute atomic E-state index is 12.7. The average molecular weight is 395 g/mol. The first kappa shape index (κ1) is 16.6. The Kier molecular flexibility index (Phi) is 8.20. The van der Waals surface area contributed by atoms with Crippen molar-refractivity contribution >= 4 is 41.7 Å². The average Bonchev–Trinajstić information content (AvgIpc) is 2.42. The summed E-state index contributed by atoms with van der Waals surface area (Å²) in [6.07, 6.45) is 2.17. The fraction of sp³-hybridized carbons (Fsp3) is 0.462. The second-order valence-corrected chi connectivity index (χ2v) is 5.26. The van der Waals surface area contributed by atoms with E-state index in [9.17, 15) is 4.39 Å². The molecule has 106 valence electrons. The zero-order chi connectivity index (χ0) is 12.6. The van der Waals surface area contributed by atoms with E-state index in [2.05, 4.69) is 15.6 Å². The standard InChI is InChI=1S/C13H18FN3S.HI/c14-11-3-5-12(6-4-11)18-10-2-9-17-13-15-7-1-8-16-13;/h3-6H,1-2,7-10H2,(H2,15,16,17);1H. The summed E-state index contributed by atoms with van der Waals surface area (Å²) in [6, 6.07) is 6.64. The summed E-state index contributed by atoms with van der Waals surface area (Å²) in [5.41, 5.74) is 0. The summed E-state index contributed by atoms with van der Waals surface area (Å²) in [6.45, 7) is 2.84. The van der Waals surface area contributed by atoms with Crippen molar-refractivity contribution < 1.29 is 4.39 Å². The normalized spacial score (nSPS) is 14.1. The quantitative estimate of drug-likeness (QED) is 0.458. The molecule has 0 spiro atoms. The molecule has 1 heterocycles. The van der Waals surface area contributed by atoms with Crippen molar-refractivity contribution in [1.82, 2.24) is 10.6 Å². The lowest BCUT2D eigenvalue weighted by Crippen LogP contribution is -2.41. The number of hydrogen-bond donors (Lipinski definition) is 2. The van der Waals surface area contributed by atoms with Crippen molar-refractivity contribution in [1.29, 1.82) is 0 Å². The molecule has 6 heteroatoms. The molecule has 19 heavy (non-hydrogen) atoms. The Morgan fingerprint density at radius 1 is 1.32 bits per heavy atom. The summed E-state index contributed by atoms with van der Waals surface area (Å²) in [7, 11) is 0. The molecular formula is C13H19FIN3S. The van der Waals surface area contributed by atoms with Gasteiger partial charge >= 0.3 is 0 Å². The third-order valence-corrected chi connectivity index (χ3v) is 3.69. The second-order valence-electron chi connectivity index (χ2n) is 4.09. The zero-order valence-corrected chi connectivity index (χ0v) is 13.8. The summed E-state index contributed by atoms with van der Waals surface area (Å²) in [5.74, 6) is 1.77. The van der Waals surface area contributed by atoms with Gasteiger partial charge in [-0.25, -0.2) is 4.39 Å². The highest BCUT2D eigenvalue weighted by Gasteiger charge is 2.02. The van der Waals surface area contributed by atoms with Crippen LogP contribution in [0.1, 0.15) is 12.8 Å². The molecule has 0 saturated heterocycles. The van der Waals surface area contributed by atoms with Gasteiger partial charge in [0.25, 0.3) is 0 Å². The van der Waals surface area contributed by atoms with Crippen molar-refractivity contribution in [3.63, 3.8) is 0 Å². The van der Waals surface area contributed by atoms with E-state index in [4.69, 9.17) is 0 Å². The molecule has 0 unspecified atom stereocenters. The minimum atomic E-state index is -0.178.